The Kier molecular flexibility index (Phi) is 4.01. The number of hydrogen-bond acceptors (Lipinski definition) is 5. The van der Waals surface area contributed by atoms with Crippen LogP contribution < -0.4 is 5.32 Å². The normalized spacial score (nSPS) is 9.95. The minimum atomic E-state index is -1.11. The fraction of sp³-hybridized carbons (Fsp3) is 0.0909. The third-order valence-electron chi connectivity index (χ3n) is 2.28. The summed E-state index contributed by atoms with van der Waals surface area (Å²) in [6.45, 7) is 0. The van der Waals surface area contributed by atoms with Crippen LogP contribution in [0.25, 0.3) is 11.3 Å². The number of thiazole rings is 1. The van der Waals surface area contributed by atoms with E-state index < -0.39 is 11.8 Å². The van der Waals surface area contributed by atoms with E-state index in [1.807, 2.05) is 0 Å². The molecule has 5 nitrogen and oxygen atoms in total. The van der Waals surface area contributed by atoms with Crippen molar-refractivity contribution in [1.82, 2.24) is 4.98 Å². The third kappa shape index (κ3) is 3.03. The molecule has 0 bridgehead atoms. The fourth-order valence-electron chi connectivity index (χ4n) is 1.47. The summed E-state index contributed by atoms with van der Waals surface area (Å²) in [4.78, 5) is 15.3. The van der Waals surface area contributed by atoms with E-state index in [0.29, 0.717) is 17.8 Å². The first-order valence-corrected chi connectivity index (χ1v) is 6.11. The molecule has 0 atom stereocenters. The first-order chi connectivity index (χ1) is 9.11. The van der Waals surface area contributed by atoms with Gasteiger partial charge in [0.2, 0.25) is 0 Å². The number of rotatable bonds is 5. The zero-order chi connectivity index (χ0) is 13.8. The van der Waals surface area contributed by atoms with Crippen LogP contribution in [0, 0.1) is 5.82 Å². The predicted molar refractivity (Wildman–Crippen MR) is 69.4 cm³/mol. The molecule has 2 aromatic rings. The number of aromatic carboxylic acids is 1. The van der Waals surface area contributed by atoms with E-state index in [4.69, 9.17) is 5.11 Å². The van der Waals surface area contributed by atoms with Crippen molar-refractivity contribution >= 4 is 29.6 Å². The molecule has 96 valence electrons. The molecule has 1 heterocycles. The van der Waals surface area contributed by atoms with Crippen LogP contribution in [0.5, 0.6) is 0 Å². The molecule has 0 aliphatic rings. The van der Waals surface area contributed by atoms with Gasteiger partial charge in [-0.3, -0.25) is 0 Å². The van der Waals surface area contributed by atoms with E-state index >= 15 is 0 Å². The molecule has 0 spiro atoms. The van der Waals surface area contributed by atoms with Gasteiger partial charge in [-0.2, -0.15) is 0 Å². The summed E-state index contributed by atoms with van der Waals surface area (Å²) in [5, 5.41) is 12.1. The van der Waals surface area contributed by atoms with Gasteiger partial charge in [0.1, 0.15) is 0 Å². The number of aromatic nitrogens is 1. The van der Waals surface area contributed by atoms with Crippen molar-refractivity contribution in [2.45, 2.75) is 0 Å². The number of carboxylic acids is 1. The monoisotopic (exact) mass is 278 g/mol. The SMILES string of the molecule is O=BCNc1nc(-c2ccc(F)cc2)c(C(=O)O)s1. The van der Waals surface area contributed by atoms with E-state index in [2.05, 4.69) is 10.3 Å². The van der Waals surface area contributed by atoms with Crippen molar-refractivity contribution in [2.24, 2.45) is 0 Å². The van der Waals surface area contributed by atoms with Gasteiger partial charge in [-0.15, -0.1) is 0 Å². The van der Waals surface area contributed by atoms with Gasteiger partial charge in [-0.1, -0.05) is 0 Å². The van der Waals surface area contributed by atoms with Crippen LogP contribution in [0.2, 0.25) is 0 Å². The number of carbonyl (C=O) groups is 1. The fourth-order valence-corrected chi connectivity index (χ4v) is 2.31. The Bertz CT molecular complexity index is 615. The van der Waals surface area contributed by atoms with Crippen LogP contribution in [-0.2, 0) is 4.70 Å². The summed E-state index contributed by atoms with van der Waals surface area (Å²) >= 11 is 0.932. The second-order valence-corrected chi connectivity index (χ2v) is 4.56. The topological polar surface area (TPSA) is 79.3 Å². The second kappa shape index (κ2) is 5.70. The summed E-state index contributed by atoms with van der Waals surface area (Å²) in [6, 6.07) is 5.39. The van der Waals surface area contributed by atoms with Gasteiger partial charge in [0, 0.05) is 0 Å². The van der Waals surface area contributed by atoms with E-state index in [-0.39, 0.29) is 17.0 Å². The van der Waals surface area contributed by atoms with Gasteiger partial charge >= 0.3 is 112 Å². The van der Waals surface area contributed by atoms with Crippen molar-refractivity contribution in [1.29, 1.82) is 0 Å². The average Bonchev–Trinajstić information content (AvgIpc) is 2.81. The molecule has 2 N–H and O–H groups in total. The van der Waals surface area contributed by atoms with Crippen molar-refractivity contribution in [2.75, 3.05) is 11.8 Å². The van der Waals surface area contributed by atoms with Crippen molar-refractivity contribution in [3.05, 3.63) is 35.0 Å². The van der Waals surface area contributed by atoms with Gasteiger partial charge in [0.15, 0.2) is 0 Å². The molecule has 19 heavy (non-hydrogen) atoms. The Balaban J connectivity index is 2.42. The number of nitrogens with zero attached hydrogens (tertiary/aromatic N) is 1. The molecule has 0 saturated heterocycles. The number of carboxylic acid groups (broad SMARTS) is 1. The van der Waals surface area contributed by atoms with Gasteiger partial charge in [-0.05, 0) is 0 Å². The van der Waals surface area contributed by atoms with Crippen molar-refractivity contribution in [3.63, 3.8) is 0 Å². The molecule has 0 aliphatic heterocycles. The zero-order valence-electron chi connectivity index (χ0n) is 9.59. The number of benzene rings is 1. The summed E-state index contributed by atoms with van der Waals surface area (Å²) in [7, 11) is 0.652. The van der Waals surface area contributed by atoms with Crippen LogP contribution in [-0.4, -0.2) is 29.7 Å². The van der Waals surface area contributed by atoms with Crippen LogP contribution in [0.1, 0.15) is 9.67 Å². The van der Waals surface area contributed by atoms with E-state index in [1.54, 1.807) is 0 Å². The number of anilines is 1. The quantitative estimate of drug-likeness (QED) is 0.818. The molecule has 0 aliphatic carbocycles. The molecule has 0 unspecified atom stereocenters. The van der Waals surface area contributed by atoms with Crippen LogP contribution >= 0.6 is 11.3 Å². The average molecular weight is 278 g/mol. The first kappa shape index (κ1) is 13.3. The predicted octanol–water partition coefficient (Wildman–Crippen LogP) is 2.07. The maximum atomic E-state index is 12.8. The summed E-state index contributed by atoms with van der Waals surface area (Å²) in [6.07, 6.45) is 0.0510. The molecule has 0 amide bonds. The van der Waals surface area contributed by atoms with Crippen molar-refractivity contribution < 1.29 is 19.0 Å². The van der Waals surface area contributed by atoms with E-state index in [1.165, 1.54) is 24.3 Å². The Hall–Kier alpha value is -2.09. The number of halogens is 1. The van der Waals surface area contributed by atoms with E-state index in [0.717, 1.165) is 11.3 Å². The molecule has 1 aromatic heterocycles. The summed E-state index contributed by atoms with van der Waals surface area (Å²) in [5.41, 5.74) is 0.764. The maximum absolute atomic E-state index is 12.8. The van der Waals surface area contributed by atoms with Gasteiger partial charge in [0.25, 0.3) is 0 Å². The summed E-state index contributed by atoms with van der Waals surface area (Å²) < 4.78 is 23.1. The number of hydrogen-bond donors (Lipinski definition) is 2. The molecule has 2 rings (SSSR count). The Labute approximate surface area is 112 Å². The first-order valence-electron chi connectivity index (χ1n) is 5.29. The number of nitrogens with one attached hydrogen (secondary N) is 1. The van der Waals surface area contributed by atoms with Gasteiger partial charge in [0.05, 0.1) is 0 Å². The minimum absolute atomic E-state index is 0.0417. The Morgan fingerprint density at radius 3 is 2.68 bits per heavy atom. The Morgan fingerprint density at radius 1 is 1.42 bits per heavy atom. The molecular weight excluding hydrogens is 270 g/mol. The van der Waals surface area contributed by atoms with Crippen LogP contribution in [0.15, 0.2) is 24.3 Å². The molecule has 0 radical (unpaired) electrons. The van der Waals surface area contributed by atoms with Gasteiger partial charge in [-0.25, -0.2) is 0 Å². The van der Waals surface area contributed by atoms with E-state index in [9.17, 15) is 13.9 Å². The van der Waals surface area contributed by atoms with Crippen LogP contribution in [0.3, 0.4) is 0 Å². The molecule has 0 fully saturated rings. The Morgan fingerprint density at radius 2 is 2.11 bits per heavy atom. The standard InChI is InChI=1S/C11H8BFN2O3S/c13-7-3-1-6(2-4-7)8-9(10(16)17)19-11(15-8)14-5-12-18/h1-4H,5H2,(H,14,15)(H,16,17). The molecule has 0 saturated carbocycles. The van der Waals surface area contributed by atoms with Gasteiger partial charge < -0.3 is 0 Å². The van der Waals surface area contributed by atoms with Crippen LogP contribution in [0.4, 0.5) is 9.52 Å². The zero-order valence-corrected chi connectivity index (χ0v) is 10.4. The second-order valence-electron chi connectivity index (χ2n) is 3.56. The molecule has 8 heteroatoms. The molecular formula is C11H8BFN2O3S. The third-order valence-corrected chi connectivity index (χ3v) is 3.28. The van der Waals surface area contributed by atoms with Crippen molar-refractivity contribution in [3.8, 4) is 11.3 Å². The molecule has 1 aromatic carbocycles. The summed E-state index contributed by atoms with van der Waals surface area (Å²) in [5.74, 6) is -1.52.